The minimum atomic E-state index is -1.25. The molecule has 20 heavy (non-hydrogen) atoms. The van der Waals surface area contributed by atoms with E-state index in [4.69, 9.17) is 15.6 Å². The van der Waals surface area contributed by atoms with E-state index >= 15 is 0 Å². The smallest absolute Gasteiger partial charge is 0.247 e. The molecule has 0 aliphatic heterocycles. The van der Waals surface area contributed by atoms with Crippen molar-refractivity contribution in [3.05, 3.63) is 29.3 Å². The highest BCUT2D eigenvalue weighted by atomic mass is 16.5. The SMILES string of the molecule is Cc1cc(C)cc(OCC(O)CNCC(O)C(N)=O)c1. The van der Waals surface area contributed by atoms with Crippen LogP contribution in [0.4, 0.5) is 0 Å². The quantitative estimate of drug-likeness (QED) is 0.513. The van der Waals surface area contributed by atoms with Gasteiger partial charge >= 0.3 is 0 Å². The largest absolute Gasteiger partial charge is 0.491 e. The molecule has 1 aromatic carbocycles. The Kier molecular flexibility index (Phi) is 6.44. The number of nitrogens with two attached hydrogens (primary N) is 1. The van der Waals surface area contributed by atoms with Gasteiger partial charge in [0.05, 0.1) is 0 Å². The van der Waals surface area contributed by atoms with Gasteiger partial charge in [0.1, 0.15) is 24.6 Å². The number of benzene rings is 1. The number of primary amides is 1. The molecule has 2 atom stereocenters. The standard InChI is InChI=1S/C14H22N2O4/c1-9-3-10(2)5-12(4-9)20-8-11(17)6-16-7-13(18)14(15)19/h3-5,11,13,16-18H,6-8H2,1-2H3,(H2,15,19). The molecule has 6 heteroatoms. The van der Waals surface area contributed by atoms with Crippen LogP contribution < -0.4 is 15.8 Å². The number of hydrogen-bond acceptors (Lipinski definition) is 5. The summed E-state index contributed by atoms with van der Waals surface area (Å²) in [6.45, 7) is 4.29. The van der Waals surface area contributed by atoms with Gasteiger partial charge in [-0.2, -0.15) is 0 Å². The molecule has 1 aromatic rings. The molecule has 2 unspecified atom stereocenters. The molecule has 6 nitrogen and oxygen atoms in total. The number of carbonyl (C=O) groups excluding carboxylic acids is 1. The fourth-order valence-electron chi connectivity index (χ4n) is 1.75. The number of aliphatic hydroxyl groups is 2. The van der Waals surface area contributed by atoms with Crippen molar-refractivity contribution in [1.29, 1.82) is 0 Å². The summed E-state index contributed by atoms with van der Waals surface area (Å²) in [5, 5.41) is 21.6. The molecular weight excluding hydrogens is 260 g/mol. The van der Waals surface area contributed by atoms with E-state index in [2.05, 4.69) is 5.32 Å². The van der Waals surface area contributed by atoms with Crippen LogP contribution in [-0.2, 0) is 4.79 Å². The third-order valence-corrected chi connectivity index (χ3v) is 2.68. The van der Waals surface area contributed by atoms with E-state index in [1.165, 1.54) is 0 Å². The summed E-state index contributed by atoms with van der Waals surface area (Å²) in [4.78, 5) is 10.6. The van der Waals surface area contributed by atoms with Crippen LogP contribution in [0.1, 0.15) is 11.1 Å². The Morgan fingerprint density at radius 2 is 1.85 bits per heavy atom. The van der Waals surface area contributed by atoms with Gasteiger partial charge in [0.2, 0.25) is 5.91 Å². The van der Waals surface area contributed by atoms with Crippen molar-refractivity contribution in [2.75, 3.05) is 19.7 Å². The number of carbonyl (C=O) groups is 1. The van der Waals surface area contributed by atoms with Crippen LogP contribution in [0.5, 0.6) is 5.75 Å². The minimum Gasteiger partial charge on any atom is -0.491 e. The van der Waals surface area contributed by atoms with Gasteiger partial charge in [0.15, 0.2) is 0 Å². The van der Waals surface area contributed by atoms with E-state index in [-0.39, 0.29) is 19.7 Å². The molecule has 0 spiro atoms. The van der Waals surface area contributed by atoms with E-state index in [1.54, 1.807) is 0 Å². The first kappa shape index (κ1) is 16.4. The van der Waals surface area contributed by atoms with E-state index in [9.17, 15) is 9.90 Å². The lowest BCUT2D eigenvalue weighted by molar-refractivity contribution is -0.125. The Bertz CT molecular complexity index is 431. The summed E-state index contributed by atoms with van der Waals surface area (Å²) < 4.78 is 5.49. The van der Waals surface area contributed by atoms with Crippen LogP contribution in [0.2, 0.25) is 0 Å². The molecule has 5 N–H and O–H groups in total. The van der Waals surface area contributed by atoms with Crippen LogP contribution in [0.15, 0.2) is 18.2 Å². The maximum atomic E-state index is 10.6. The Labute approximate surface area is 118 Å². The van der Waals surface area contributed by atoms with Gasteiger partial charge in [-0.15, -0.1) is 0 Å². The summed E-state index contributed by atoms with van der Waals surface area (Å²) in [6, 6.07) is 5.82. The zero-order chi connectivity index (χ0) is 15.1. The van der Waals surface area contributed by atoms with Gasteiger partial charge in [0, 0.05) is 13.1 Å². The van der Waals surface area contributed by atoms with Gasteiger partial charge in [0.25, 0.3) is 0 Å². The molecule has 112 valence electrons. The number of amides is 1. The van der Waals surface area contributed by atoms with Crippen LogP contribution in [-0.4, -0.2) is 48.0 Å². The zero-order valence-corrected chi connectivity index (χ0v) is 11.8. The first-order chi connectivity index (χ1) is 9.38. The maximum absolute atomic E-state index is 10.6. The maximum Gasteiger partial charge on any atom is 0.247 e. The van der Waals surface area contributed by atoms with E-state index in [0.717, 1.165) is 11.1 Å². The van der Waals surface area contributed by atoms with E-state index < -0.39 is 18.1 Å². The van der Waals surface area contributed by atoms with Crippen molar-refractivity contribution in [3.8, 4) is 5.75 Å². The van der Waals surface area contributed by atoms with E-state index in [1.807, 2.05) is 32.0 Å². The fraction of sp³-hybridized carbons (Fsp3) is 0.500. The van der Waals surface area contributed by atoms with Gasteiger partial charge < -0.3 is 26.0 Å². The number of rotatable bonds is 8. The first-order valence-electron chi connectivity index (χ1n) is 6.45. The molecule has 0 aliphatic rings. The molecule has 0 bridgehead atoms. The van der Waals surface area contributed by atoms with Gasteiger partial charge in [-0.1, -0.05) is 6.07 Å². The number of aliphatic hydroxyl groups excluding tert-OH is 2. The predicted octanol–water partition coefficient (Wildman–Crippen LogP) is -0.521. The molecule has 0 aromatic heterocycles. The Morgan fingerprint density at radius 1 is 1.25 bits per heavy atom. The lowest BCUT2D eigenvalue weighted by Gasteiger charge is -2.15. The van der Waals surface area contributed by atoms with Crippen molar-refractivity contribution in [3.63, 3.8) is 0 Å². The highest BCUT2D eigenvalue weighted by Gasteiger charge is 2.11. The molecule has 0 aliphatic carbocycles. The number of nitrogens with one attached hydrogen (secondary N) is 1. The number of aryl methyl sites for hydroxylation is 2. The second-order valence-electron chi connectivity index (χ2n) is 4.86. The van der Waals surface area contributed by atoms with E-state index in [0.29, 0.717) is 5.75 Å². The lowest BCUT2D eigenvalue weighted by Crippen LogP contribution is -2.41. The van der Waals surface area contributed by atoms with Crippen molar-refractivity contribution in [2.24, 2.45) is 5.73 Å². The van der Waals surface area contributed by atoms with Crippen LogP contribution >= 0.6 is 0 Å². The molecule has 0 saturated heterocycles. The van der Waals surface area contributed by atoms with Crippen molar-refractivity contribution >= 4 is 5.91 Å². The van der Waals surface area contributed by atoms with Gasteiger partial charge in [-0.05, 0) is 37.1 Å². The summed E-state index contributed by atoms with van der Waals surface area (Å²) in [6.07, 6.45) is -1.99. The predicted molar refractivity (Wildman–Crippen MR) is 75.5 cm³/mol. The normalized spacial score (nSPS) is 13.8. The third-order valence-electron chi connectivity index (χ3n) is 2.68. The molecule has 0 heterocycles. The second-order valence-corrected chi connectivity index (χ2v) is 4.86. The molecule has 1 amide bonds. The second kappa shape index (κ2) is 7.84. The summed E-state index contributed by atoms with van der Waals surface area (Å²) in [5.74, 6) is -0.0859. The highest BCUT2D eigenvalue weighted by molar-refractivity contribution is 5.78. The molecule has 0 radical (unpaired) electrons. The highest BCUT2D eigenvalue weighted by Crippen LogP contribution is 2.16. The molecule has 0 saturated carbocycles. The van der Waals surface area contributed by atoms with Crippen molar-refractivity contribution in [1.82, 2.24) is 5.32 Å². The molecular formula is C14H22N2O4. The summed E-state index contributed by atoms with van der Waals surface area (Å²) >= 11 is 0. The molecule has 1 rings (SSSR count). The fourth-order valence-corrected chi connectivity index (χ4v) is 1.75. The minimum absolute atomic E-state index is 0.00987. The molecule has 0 fully saturated rings. The summed E-state index contributed by atoms with van der Waals surface area (Å²) in [5.41, 5.74) is 7.09. The topological polar surface area (TPSA) is 105 Å². The third kappa shape index (κ3) is 6.01. The van der Waals surface area contributed by atoms with Crippen molar-refractivity contribution < 1.29 is 19.7 Å². The van der Waals surface area contributed by atoms with Crippen molar-refractivity contribution in [2.45, 2.75) is 26.1 Å². The van der Waals surface area contributed by atoms with Crippen LogP contribution in [0.3, 0.4) is 0 Å². The Morgan fingerprint density at radius 3 is 2.40 bits per heavy atom. The van der Waals surface area contributed by atoms with Crippen LogP contribution in [0.25, 0.3) is 0 Å². The van der Waals surface area contributed by atoms with Gasteiger partial charge in [-0.3, -0.25) is 4.79 Å². The Balaban J connectivity index is 2.29. The number of hydrogen-bond donors (Lipinski definition) is 4. The summed E-state index contributed by atoms with van der Waals surface area (Å²) in [7, 11) is 0. The average molecular weight is 282 g/mol. The monoisotopic (exact) mass is 282 g/mol. The number of ether oxygens (including phenoxy) is 1. The Hall–Kier alpha value is -1.63. The van der Waals surface area contributed by atoms with Crippen LogP contribution in [0, 0.1) is 13.8 Å². The lowest BCUT2D eigenvalue weighted by atomic mass is 10.1. The first-order valence-corrected chi connectivity index (χ1v) is 6.45. The average Bonchev–Trinajstić information content (AvgIpc) is 2.35. The zero-order valence-electron chi connectivity index (χ0n) is 11.8. The van der Waals surface area contributed by atoms with Gasteiger partial charge in [-0.25, -0.2) is 0 Å².